The van der Waals surface area contributed by atoms with Gasteiger partial charge in [-0.1, -0.05) is 24.1 Å². The van der Waals surface area contributed by atoms with Crippen molar-refractivity contribution >= 4 is 40.3 Å². The van der Waals surface area contributed by atoms with Crippen LogP contribution in [0.15, 0.2) is 24.3 Å². The predicted octanol–water partition coefficient (Wildman–Crippen LogP) is 2.67. The van der Waals surface area contributed by atoms with E-state index in [4.69, 9.17) is 4.74 Å². The second kappa shape index (κ2) is 6.34. The Morgan fingerprint density at radius 3 is 3.06 bits per heavy atom. The SMILES string of the molecule is COc1ccccc1C1SCC(=O)N1CC#CI. The first-order chi connectivity index (χ1) is 8.77. The highest BCUT2D eigenvalue weighted by Crippen LogP contribution is 2.41. The molecule has 3 nitrogen and oxygen atoms in total. The fourth-order valence-electron chi connectivity index (χ4n) is 1.87. The number of carbonyl (C=O) groups excluding carboxylic acids is 1. The molecule has 5 heteroatoms. The molecule has 1 unspecified atom stereocenters. The maximum Gasteiger partial charge on any atom is 0.234 e. The first-order valence-corrected chi connectivity index (χ1v) is 7.53. The Kier molecular flexibility index (Phi) is 4.78. The Balaban J connectivity index is 2.30. The summed E-state index contributed by atoms with van der Waals surface area (Å²) in [4.78, 5) is 13.7. The lowest BCUT2D eigenvalue weighted by atomic mass is 10.2. The number of thioether (sulfide) groups is 1. The molecule has 18 heavy (non-hydrogen) atoms. The standard InChI is InChI=1S/C13H12INO2S/c1-17-11-6-3-2-5-10(11)13-15(8-4-7-14)12(16)9-18-13/h2-3,5-6,13H,8-9H2,1H3. The van der Waals surface area contributed by atoms with Crippen LogP contribution in [0.3, 0.4) is 0 Å². The van der Waals surface area contributed by atoms with Gasteiger partial charge in [0, 0.05) is 28.2 Å². The van der Waals surface area contributed by atoms with Crippen molar-refractivity contribution in [2.45, 2.75) is 5.37 Å². The number of hydrogen-bond donors (Lipinski definition) is 0. The normalized spacial score (nSPS) is 18.4. The summed E-state index contributed by atoms with van der Waals surface area (Å²) in [6, 6.07) is 7.81. The lowest BCUT2D eigenvalue weighted by Gasteiger charge is -2.23. The maximum atomic E-state index is 11.9. The average Bonchev–Trinajstić information content (AvgIpc) is 2.77. The van der Waals surface area contributed by atoms with Crippen molar-refractivity contribution in [3.63, 3.8) is 0 Å². The molecular weight excluding hydrogens is 361 g/mol. The van der Waals surface area contributed by atoms with E-state index >= 15 is 0 Å². The minimum absolute atomic E-state index is 0.00546. The van der Waals surface area contributed by atoms with E-state index in [0.29, 0.717) is 12.3 Å². The van der Waals surface area contributed by atoms with Gasteiger partial charge in [-0.05, 0) is 9.99 Å². The molecule has 1 aromatic rings. The molecule has 1 aliphatic heterocycles. The van der Waals surface area contributed by atoms with Gasteiger partial charge >= 0.3 is 0 Å². The summed E-state index contributed by atoms with van der Waals surface area (Å²) >= 11 is 3.60. The van der Waals surface area contributed by atoms with Crippen LogP contribution in [0, 0.1) is 9.85 Å². The van der Waals surface area contributed by atoms with Gasteiger partial charge < -0.3 is 9.64 Å². The van der Waals surface area contributed by atoms with Gasteiger partial charge in [0.1, 0.15) is 11.1 Å². The first-order valence-electron chi connectivity index (χ1n) is 5.40. The molecular formula is C13H12INO2S. The summed E-state index contributed by atoms with van der Waals surface area (Å²) in [6.07, 6.45) is 0. The van der Waals surface area contributed by atoms with Crippen LogP contribution >= 0.6 is 34.4 Å². The van der Waals surface area contributed by atoms with Crippen LogP contribution in [0.1, 0.15) is 10.9 Å². The molecule has 0 saturated carbocycles. The van der Waals surface area contributed by atoms with Crippen molar-refractivity contribution in [2.24, 2.45) is 0 Å². The lowest BCUT2D eigenvalue weighted by Crippen LogP contribution is -2.28. The van der Waals surface area contributed by atoms with E-state index in [1.165, 1.54) is 0 Å². The van der Waals surface area contributed by atoms with Gasteiger partial charge in [0.25, 0.3) is 0 Å². The molecule has 1 heterocycles. The number of rotatable bonds is 3. The fraction of sp³-hybridized carbons (Fsp3) is 0.308. The third-order valence-corrected chi connectivity index (χ3v) is 4.31. The molecule has 0 radical (unpaired) electrons. The van der Waals surface area contributed by atoms with Gasteiger partial charge in [-0.3, -0.25) is 4.79 Å². The Morgan fingerprint density at radius 2 is 2.33 bits per heavy atom. The number of nitrogens with zero attached hydrogens (tertiary/aromatic N) is 1. The molecule has 2 rings (SSSR count). The van der Waals surface area contributed by atoms with E-state index in [0.717, 1.165) is 11.3 Å². The summed E-state index contributed by atoms with van der Waals surface area (Å²) in [6.45, 7) is 0.470. The van der Waals surface area contributed by atoms with Gasteiger partial charge in [-0.25, -0.2) is 0 Å². The highest BCUT2D eigenvalue weighted by molar-refractivity contribution is 14.1. The molecule has 1 amide bonds. The second-order valence-corrected chi connectivity index (χ2v) is 5.31. The monoisotopic (exact) mass is 373 g/mol. The third kappa shape index (κ3) is 2.75. The summed E-state index contributed by atoms with van der Waals surface area (Å²) < 4.78 is 8.16. The van der Waals surface area contributed by atoms with Crippen LogP contribution in [0.4, 0.5) is 0 Å². The van der Waals surface area contributed by atoms with E-state index in [9.17, 15) is 4.79 Å². The van der Waals surface area contributed by atoms with Crippen molar-refractivity contribution in [1.29, 1.82) is 0 Å². The zero-order valence-corrected chi connectivity index (χ0v) is 12.8. The van der Waals surface area contributed by atoms with Crippen molar-refractivity contribution < 1.29 is 9.53 Å². The topological polar surface area (TPSA) is 29.5 Å². The van der Waals surface area contributed by atoms with Crippen LogP contribution in [0.25, 0.3) is 0 Å². The van der Waals surface area contributed by atoms with Crippen LogP contribution in [-0.4, -0.2) is 30.2 Å². The van der Waals surface area contributed by atoms with Gasteiger partial charge in [0.15, 0.2) is 0 Å². The average molecular weight is 373 g/mol. The Bertz CT molecular complexity index is 509. The molecule has 1 atom stereocenters. The first kappa shape index (κ1) is 13.6. The maximum absolute atomic E-state index is 11.9. The summed E-state index contributed by atoms with van der Waals surface area (Å²) in [5.74, 6) is 4.40. The van der Waals surface area contributed by atoms with Gasteiger partial charge in [-0.2, -0.15) is 0 Å². The van der Waals surface area contributed by atoms with Crippen LogP contribution < -0.4 is 4.74 Å². The van der Waals surface area contributed by atoms with Gasteiger partial charge in [0.05, 0.1) is 19.4 Å². The third-order valence-electron chi connectivity index (χ3n) is 2.69. The Morgan fingerprint density at radius 1 is 1.56 bits per heavy atom. The van der Waals surface area contributed by atoms with Gasteiger partial charge in [-0.15, -0.1) is 11.8 Å². The number of methoxy groups -OCH3 is 1. The molecule has 1 aliphatic rings. The summed E-state index contributed by atoms with van der Waals surface area (Å²) in [7, 11) is 1.65. The molecule has 1 saturated heterocycles. The minimum Gasteiger partial charge on any atom is -0.496 e. The quantitative estimate of drug-likeness (QED) is 0.603. The van der Waals surface area contributed by atoms with Crippen molar-refractivity contribution in [1.82, 2.24) is 4.90 Å². The molecule has 1 aromatic carbocycles. The number of amides is 1. The van der Waals surface area contributed by atoms with E-state index in [2.05, 4.69) is 9.85 Å². The number of carbonyl (C=O) groups is 1. The van der Waals surface area contributed by atoms with E-state index in [1.54, 1.807) is 23.8 Å². The van der Waals surface area contributed by atoms with Crippen LogP contribution in [0.2, 0.25) is 0 Å². The number of benzene rings is 1. The Labute approximate surface area is 124 Å². The highest BCUT2D eigenvalue weighted by atomic mass is 127. The highest BCUT2D eigenvalue weighted by Gasteiger charge is 2.33. The molecule has 94 valence electrons. The van der Waals surface area contributed by atoms with Crippen molar-refractivity contribution in [3.05, 3.63) is 29.8 Å². The zero-order chi connectivity index (χ0) is 13.0. The molecule has 0 bridgehead atoms. The number of hydrogen-bond acceptors (Lipinski definition) is 3. The van der Waals surface area contributed by atoms with E-state index in [-0.39, 0.29) is 11.3 Å². The summed E-state index contributed by atoms with van der Waals surface area (Å²) in [5, 5.41) is 0.00546. The number of halogens is 1. The predicted molar refractivity (Wildman–Crippen MR) is 81.7 cm³/mol. The Hall–Kier alpha value is -0.870. The van der Waals surface area contributed by atoms with Crippen LogP contribution in [0.5, 0.6) is 5.75 Å². The molecule has 0 spiro atoms. The summed E-state index contributed by atoms with van der Waals surface area (Å²) in [5.41, 5.74) is 1.03. The van der Waals surface area contributed by atoms with Crippen LogP contribution in [-0.2, 0) is 4.79 Å². The number of para-hydroxylation sites is 1. The van der Waals surface area contributed by atoms with Gasteiger partial charge in [0.2, 0.25) is 5.91 Å². The fourth-order valence-corrected chi connectivity index (χ4v) is 3.25. The zero-order valence-electron chi connectivity index (χ0n) is 9.85. The molecule has 0 aromatic heterocycles. The van der Waals surface area contributed by atoms with E-state index < -0.39 is 0 Å². The number of ether oxygens (including phenoxy) is 1. The van der Waals surface area contributed by atoms with E-state index in [1.807, 2.05) is 46.9 Å². The smallest absolute Gasteiger partial charge is 0.234 e. The minimum atomic E-state index is 0.00546. The lowest BCUT2D eigenvalue weighted by molar-refractivity contribution is -0.127. The molecule has 0 aliphatic carbocycles. The second-order valence-electron chi connectivity index (χ2n) is 3.70. The van der Waals surface area contributed by atoms with Crippen molar-refractivity contribution in [2.75, 3.05) is 19.4 Å². The van der Waals surface area contributed by atoms with Crippen molar-refractivity contribution in [3.8, 4) is 15.6 Å². The largest absolute Gasteiger partial charge is 0.496 e. The molecule has 0 N–H and O–H groups in total. The molecule has 1 fully saturated rings.